The molecule has 0 saturated heterocycles. The number of aliphatic hydroxyl groups is 1. The Morgan fingerprint density at radius 1 is 1.24 bits per heavy atom. The van der Waals surface area contributed by atoms with E-state index in [9.17, 15) is 8.42 Å². The Hall–Kier alpha value is -1.86. The second-order valence-corrected chi connectivity index (χ2v) is 6.95. The maximum atomic E-state index is 12.6. The number of anilines is 1. The van der Waals surface area contributed by atoms with Gasteiger partial charge in [0, 0.05) is 13.2 Å². The molecule has 0 aliphatic heterocycles. The van der Waals surface area contributed by atoms with Gasteiger partial charge >= 0.3 is 0 Å². The topological polar surface area (TPSA) is 75.4 Å². The molecule has 0 aliphatic carbocycles. The monoisotopic (exact) mass is 309 g/mol. The molecular formula is C14H19N3O3S. The van der Waals surface area contributed by atoms with Crippen molar-refractivity contribution in [2.45, 2.75) is 25.3 Å². The molecule has 1 N–H and O–H groups in total. The van der Waals surface area contributed by atoms with Gasteiger partial charge < -0.3 is 5.11 Å². The van der Waals surface area contributed by atoms with Gasteiger partial charge in [0.25, 0.3) is 10.0 Å². The first kappa shape index (κ1) is 15.5. The Morgan fingerprint density at radius 3 is 2.43 bits per heavy atom. The van der Waals surface area contributed by atoms with Crippen molar-refractivity contribution in [1.29, 1.82) is 0 Å². The second-order valence-electron chi connectivity index (χ2n) is 4.98. The van der Waals surface area contributed by atoms with E-state index in [1.54, 1.807) is 0 Å². The minimum atomic E-state index is -3.65. The lowest BCUT2D eigenvalue weighted by atomic mass is 10.1. The Morgan fingerprint density at radius 2 is 1.86 bits per heavy atom. The molecule has 0 atom stereocenters. The maximum Gasteiger partial charge on any atom is 0.267 e. The van der Waals surface area contributed by atoms with Crippen LogP contribution in [-0.4, -0.2) is 37.0 Å². The predicted molar refractivity (Wildman–Crippen MR) is 80.8 cm³/mol. The summed E-state index contributed by atoms with van der Waals surface area (Å²) in [5, 5.41) is 12.8. The molecule has 0 aliphatic rings. The summed E-state index contributed by atoms with van der Waals surface area (Å²) in [6, 6.07) is 5.63. The number of sulfonamides is 1. The third-order valence-electron chi connectivity index (χ3n) is 3.17. The van der Waals surface area contributed by atoms with Gasteiger partial charge in [0.05, 0.1) is 25.0 Å². The van der Waals surface area contributed by atoms with E-state index in [-0.39, 0.29) is 18.0 Å². The van der Waals surface area contributed by atoms with E-state index < -0.39 is 10.0 Å². The number of aryl methyl sites for hydroxylation is 2. The molecule has 1 aromatic carbocycles. The predicted octanol–water partition coefficient (Wildman–Crippen LogP) is 1.32. The molecule has 0 fully saturated rings. The van der Waals surface area contributed by atoms with Crippen molar-refractivity contribution >= 4 is 15.7 Å². The summed E-state index contributed by atoms with van der Waals surface area (Å²) in [6.07, 6.45) is 2.72. The summed E-state index contributed by atoms with van der Waals surface area (Å²) >= 11 is 0. The summed E-state index contributed by atoms with van der Waals surface area (Å²) in [6.45, 7) is 4.03. The van der Waals surface area contributed by atoms with Crippen LogP contribution in [-0.2, 0) is 16.6 Å². The Balaban J connectivity index is 2.37. The van der Waals surface area contributed by atoms with Crippen LogP contribution in [0.4, 0.5) is 5.69 Å². The SMILES string of the molecule is Cc1cc(C)cc(N(C)S(=O)(=O)c2cnn(CCO)c2)c1. The van der Waals surface area contributed by atoms with E-state index in [4.69, 9.17) is 5.11 Å². The van der Waals surface area contributed by atoms with Gasteiger partial charge in [0.15, 0.2) is 0 Å². The van der Waals surface area contributed by atoms with Gasteiger partial charge in [-0.05, 0) is 37.1 Å². The third kappa shape index (κ3) is 3.25. The minimum absolute atomic E-state index is 0.0892. The van der Waals surface area contributed by atoms with E-state index in [2.05, 4.69) is 5.10 Å². The van der Waals surface area contributed by atoms with Crippen LogP contribution < -0.4 is 4.31 Å². The molecule has 2 rings (SSSR count). The standard InChI is InChI=1S/C14H19N3O3S/c1-11-6-12(2)8-13(7-11)16(3)21(19,20)14-9-15-17(10-14)4-5-18/h6-10,18H,4-5H2,1-3H3. The molecule has 0 spiro atoms. The number of hydrogen-bond acceptors (Lipinski definition) is 4. The van der Waals surface area contributed by atoms with Crippen LogP contribution in [0.1, 0.15) is 11.1 Å². The maximum absolute atomic E-state index is 12.6. The van der Waals surface area contributed by atoms with E-state index in [0.29, 0.717) is 5.69 Å². The van der Waals surface area contributed by atoms with Crippen molar-refractivity contribution < 1.29 is 13.5 Å². The van der Waals surface area contributed by atoms with Gasteiger partial charge in [-0.2, -0.15) is 5.10 Å². The number of benzene rings is 1. The molecule has 21 heavy (non-hydrogen) atoms. The molecule has 0 unspecified atom stereocenters. The quantitative estimate of drug-likeness (QED) is 0.904. The highest BCUT2D eigenvalue weighted by Crippen LogP contribution is 2.23. The largest absolute Gasteiger partial charge is 0.394 e. The molecule has 0 saturated carbocycles. The average Bonchev–Trinajstić information content (AvgIpc) is 2.86. The average molecular weight is 309 g/mol. The molecule has 2 aromatic rings. The van der Waals surface area contributed by atoms with Crippen LogP contribution in [0.15, 0.2) is 35.5 Å². The van der Waals surface area contributed by atoms with Crippen molar-refractivity contribution in [2.24, 2.45) is 0 Å². The number of rotatable bonds is 5. The molecule has 0 amide bonds. The van der Waals surface area contributed by atoms with E-state index in [1.165, 1.54) is 28.4 Å². The van der Waals surface area contributed by atoms with Crippen molar-refractivity contribution in [2.75, 3.05) is 18.0 Å². The highest BCUT2D eigenvalue weighted by molar-refractivity contribution is 7.92. The molecule has 0 bridgehead atoms. The summed E-state index contributed by atoms with van der Waals surface area (Å²) in [5.41, 5.74) is 2.62. The zero-order valence-corrected chi connectivity index (χ0v) is 13.1. The van der Waals surface area contributed by atoms with Crippen LogP contribution in [0, 0.1) is 13.8 Å². The van der Waals surface area contributed by atoms with Crippen LogP contribution >= 0.6 is 0 Å². The van der Waals surface area contributed by atoms with E-state index >= 15 is 0 Å². The summed E-state index contributed by atoms with van der Waals surface area (Å²) < 4.78 is 27.8. The lowest BCUT2D eigenvalue weighted by molar-refractivity contribution is 0.269. The van der Waals surface area contributed by atoms with Crippen molar-refractivity contribution in [3.05, 3.63) is 41.7 Å². The molecular weight excluding hydrogens is 290 g/mol. The molecule has 7 heteroatoms. The van der Waals surface area contributed by atoms with Crippen LogP contribution in [0.25, 0.3) is 0 Å². The fourth-order valence-corrected chi connectivity index (χ4v) is 3.27. The van der Waals surface area contributed by atoms with Crippen LogP contribution in [0.2, 0.25) is 0 Å². The number of nitrogens with zero attached hydrogens (tertiary/aromatic N) is 3. The zero-order chi connectivity index (χ0) is 15.6. The fourth-order valence-electron chi connectivity index (χ4n) is 2.13. The molecule has 6 nitrogen and oxygen atoms in total. The van der Waals surface area contributed by atoms with Gasteiger partial charge in [-0.25, -0.2) is 8.42 Å². The van der Waals surface area contributed by atoms with E-state index in [0.717, 1.165) is 11.1 Å². The minimum Gasteiger partial charge on any atom is -0.394 e. The second kappa shape index (κ2) is 5.87. The van der Waals surface area contributed by atoms with Crippen molar-refractivity contribution in [3.8, 4) is 0 Å². The van der Waals surface area contributed by atoms with Gasteiger partial charge in [-0.15, -0.1) is 0 Å². The molecule has 1 heterocycles. The van der Waals surface area contributed by atoms with Gasteiger partial charge in [0.2, 0.25) is 0 Å². The van der Waals surface area contributed by atoms with Crippen molar-refractivity contribution in [1.82, 2.24) is 9.78 Å². The first-order valence-electron chi connectivity index (χ1n) is 6.55. The van der Waals surface area contributed by atoms with Gasteiger partial charge in [-0.1, -0.05) is 6.07 Å². The lowest BCUT2D eigenvalue weighted by Crippen LogP contribution is -2.26. The van der Waals surface area contributed by atoms with E-state index in [1.807, 2.05) is 32.0 Å². The number of aliphatic hydroxyl groups excluding tert-OH is 1. The van der Waals surface area contributed by atoms with Crippen molar-refractivity contribution in [3.63, 3.8) is 0 Å². The summed E-state index contributed by atoms with van der Waals surface area (Å²) in [7, 11) is -2.13. The molecule has 114 valence electrons. The molecule has 0 radical (unpaired) electrons. The Kier molecular flexibility index (Phi) is 4.34. The first-order valence-corrected chi connectivity index (χ1v) is 7.99. The Labute approximate surface area is 124 Å². The smallest absolute Gasteiger partial charge is 0.267 e. The zero-order valence-electron chi connectivity index (χ0n) is 12.3. The number of aromatic nitrogens is 2. The highest BCUT2D eigenvalue weighted by atomic mass is 32.2. The summed E-state index contributed by atoms with van der Waals surface area (Å²) in [4.78, 5) is 0.109. The third-order valence-corrected chi connectivity index (χ3v) is 4.91. The molecule has 1 aromatic heterocycles. The van der Waals surface area contributed by atoms with Gasteiger partial charge in [0.1, 0.15) is 4.90 Å². The number of hydrogen-bond donors (Lipinski definition) is 1. The first-order chi connectivity index (χ1) is 9.84. The normalized spacial score (nSPS) is 11.6. The van der Waals surface area contributed by atoms with Crippen LogP contribution in [0.5, 0.6) is 0 Å². The van der Waals surface area contributed by atoms with Crippen LogP contribution in [0.3, 0.4) is 0 Å². The Bertz CT molecular complexity index is 717. The lowest BCUT2D eigenvalue weighted by Gasteiger charge is -2.19. The van der Waals surface area contributed by atoms with Gasteiger partial charge in [-0.3, -0.25) is 8.99 Å². The summed E-state index contributed by atoms with van der Waals surface area (Å²) in [5.74, 6) is 0. The highest BCUT2D eigenvalue weighted by Gasteiger charge is 2.23. The fraction of sp³-hybridized carbons (Fsp3) is 0.357.